The first-order valence-corrected chi connectivity index (χ1v) is 8.97. The van der Waals surface area contributed by atoms with E-state index in [9.17, 15) is 8.42 Å². The molecule has 7 heteroatoms. The average molecular weight is 314 g/mol. The van der Waals surface area contributed by atoms with Gasteiger partial charge in [-0.2, -0.15) is 17.0 Å². The second kappa shape index (κ2) is 6.48. The Labute approximate surface area is 125 Å². The molecule has 0 spiro atoms. The molecule has 0 radical (unpaired) electrons. The number of nitrogens with zero attached hydrogens (tertiary/aromatic N) is 2. The second-order valence-electron chi connectivity index (χ2n) is 5.51. The van der Waals surface area contributed by atoms with Gasteiger partial charge in [0, 0.05) is 19.6 Å². The Morgan fingerprint density at radius 1 is 1.10 bits per heavy atom. The summed E-state index contributed by atoms with van der Waals surface area (Å²) in [7, 11) is -3.46. The average Bonchev–Trinajstić information content (AvgIpc) is 2.92. The van der Waals surface area contributed by atoms with Gasteiger partial charge < -0.3 is 9.15 Å². The summed E-state index contributed by atoms with van der Waals surface area (Å²) in [5, 5.41) is 0. The van der Waals surface area contributed by atoms with E-state index in [-0.39, 0.29) is 6.04 Å². The normalized spacial score (nSPS) is 26.6. The van der Waals surface area contributed by atoms with Crippen molar-refractivity contribution < 1.29 is 17.6 Å². The topological polar surface area (TPSA) is 63.0 Å². The van der Waals surface area contributed by atoms with E-state index in [1.54, 1.807) is 10.6 Å². The lowest BCUT2D eigenvalue weighted by atomic mass is 10.1. The van der Waals surface area contributed by atoms with Gasteiger partial charge >= 0.3 is 0 Å². The van der Waals surface area contributed by atoms with Crippen LogP contribution in [-0.2, 0) is 14.9 Å². The van der Waals surface area contributed by atoms with Gasteiger partial charge in [0.2, 0.25) is 0 Å². The Morgan fingerprint density at radius 2 is 1.90 bits per heavy atom. The minimum atomic E-state index is -3.46. The lowest BCUT2D eigenvalue weighted by Crippen LogP contribution is -2.49. The summed E-state index contributed by atoms with van der Waals surface area (Å²) in [6.45, 7) is 2.37. The van der Waals surface area contributed by atoms with Crippen molar-refractivity contribution in [2.75, 3.05) is 32.8 Å². The number of hydrogen-bond donors (Lipinski definition) is 0. The smallest absolute Gasteiger partial charge is 0.282 e. The van der Waals surface area contributed by atoms with E-state index >= 15 is 0 Å². The highest BCUT2D eigenvalue weighted by Gasteiger charge is 2.38. The van der Waals surface area contributed by atoms with Gasteiger partial charge in [-0.05, 0) is 25.0 Å². The molecular weight excluding hydrogens is 292 g/mol. The maximum atomic E-state index is 13.0. The number of ether oxygens (including phenoxy) is 1. The molecule has 2 saturated heterocycles. The van der Waals surface area contributed by atoms with E-state index in [0.29, 0.717) is 32.8 Å². The summed E-state index contributed by atoms with van der Waals surface area (Å²) in [6.07, 6.45) is 5.42. The van der Waals surface area contributed by atoms with Crippen LogP contribution in [0.3, 0.4) is 0 Å². The molecule has 1 aromatic heterocycles. The quantitative estimate of drug-likeness (QED) is 0.853. The van der Waals surface area contributed by atoms with Crippen LogP contribution in [0, 0.1) is 0 Å². The Hall–Kier alpha value is -0.890. The first-order chi connectivity index (χ1) is 10.2. The van der Waals surface area contributed by atoms with Gasteiger partial charge in [-0.15, -0.1) is 0 Å². The van der Waals surface area contributed by atoms with Crippen LogP contribution in [0.1, 0.15) is 37.5 Å². The molecule has 0 aliphatic carbocycles. The molecule has 0 aromatic carbocycles. The lowest BCUT2D eigenvalue weighted by Gasteiger charge is -2.34. The Bertz CT molecular complexity index is 537. The molecule has 2 aliphatic rings. The van der Waals surface area contributed by atoms with Gasteiger partial charge in [-0.25, -0.2) is 0 Å². The molecular formula is C14H22N2O4S. The summed E-state index contributed by atoms with van der Waals surface area (Å²) >= 11 is 0. The lowest BCUT2D eigenvalue weighted by molar-refractivity contribution is 0.0689. The number of hydrogen-bond acceptors (Lipinski definition) is 4. The number of morpholine rings is 1. The standard InChI is InChI=1S/C14H22N2O4S/c17-21(18,15-8-11-19-12-9-15)16-7-3-1-2-5-13(16)14-6-4-10-20-14/h4,6,10,13H,1-3,5,7-9,11-12H2/t13-/m1/s1. The van der Waals surface area contributed by atoms with Crippen molar-refractivity contribution in [2.45, 2.75) is 31.7 Å². The predicted molar refractivity (Wildman–Crippen MR) is 77.9 cm³/mol. The van der Waals surface area contributed by atoms with Crippen molar-refractivity contribution >= 4 is 10.2 Å². The largest absolute Gasteiger partial charge is 0.468 e. The van der Waals surface area contributed by atoms with Gasteiger partial charge in [0.15, 0.2) is 0 Å². The van der Waals surface area contributed by atoms with Crippen LogP contribution in [0.2, 0.25) is 0 Å². The van der Waals surface area contributed by atoms with E-state index in [4.69, 9.17) is 9.15 Å². The van der Waals surface area contributed by atoms with Crippen molar-refractivity contribution in [1.29, 1.82) is 0 Å². The molecule has 118 valence electrons. The fourth-order valence-electron chi connectivity index (χ4n) is 3.05. The van der Waals surface area contributed by atoms with Crippen LogP contribution in [-0.4, -0.2) is 49.9 Å². The minimum absolute atomic E-state index is 0.185. The van der Waals surface area contributed by atoms with Crippen molar-refractivity contribution in [3.8, 4) is 0 Å². The van der Waals surface area contributed by atoms with Crippen molar-refractivity contribution in [3.05, 3.63) is 24.2 Å². The highest BCUT2D eigenvalue weighted by Crippen LogP contribution is 2.33. The Balaban J connectivity index is 1.88. The van der Waals surface area contributed by atoms with Gasteiger partial charge in [0.25, 0.3) is 10.2 Å². The molecule has 3 heterocycles. The van der Waals surface area contributed by atoms with Gasteiger partial charge in [-0.3, -0.25) is 0 Å². The third-order valence-corrected chi connectivity index (χ3v) is 6.22. The molecule has 1 atom stereocenters. The van der Waals surface area contributed by atoms with Crippen LogP contribution in [0.25, 0.3) is 0 Å². The molecule has 0 amide bonds. The molecule has 21 heavy (non-hydrogen) atoms. The maximum Gasteiger partial charge on any atom is 0.282 e. The van der Waals surface area contributed by atoms with Crippen molar-refractivity contribution in [2.24, 2.45) is 0 Å². The minimum Gasteiger partial charge on any atom is -0.468 e. The summed E-state index contributed by atoms with van der Waals surface area (Å²) in [5.41, 5.74) is 0. The van der Waals surface area contributed by atoms with Gasteiger partial charge in [-0.1, -0.05) is 12.8 Å². The van der Waals surface area contributed by atoms with Crippen LogP contribution >= 0.6 is 0 Å². The molecule has 0 unspecified atom stereocenters. The zero-order valence-electron chi connectivity index (χ0n) is 12.1. The van der Waals surface area contributed by atoms with E-state index in [1.165, 1.54) is 4.31 Å². The number of furan rings is 1. The third-order valence-electron chi connectivity index (χ3n) is 4.17. The fraction of sp³-hybridized carbons (Fsp3) is 0.714. The van der Waals surface area contributed by atoms with Crippen LogP contribution in [0.4, 0.5) is 0 Å². The maximum absolute atomic E-state index is 13.0. The molecule has 3 rings (SSSR count). The summed E-state index contributed by atoms with van der Waals surface area (Å²) in [4.78, 5) is 0. The Kier molecular flexibility index (Phi) is 4.63. The van der Waals surface area contributed by atoms with Crippen molar-refractivity contribution in [1.82, 2.24) is 8.61 Å². The van der Waals surface area contributed by atoms with E-state index in [1.807, 2.05) is 12.1 Å². The fourth-order valence-corrected chi connectivity index (χ4v) is 4.85. The van der Waals surface area contributed by atoms with Crippen LogP contribution in [0.5, 0.6) is 0 Å². The molecule has 2 fully saturated rings. The first kappa shape index (κ1) is 15.0. The van der Waals surface area contributed by atoms with E-state index in [2.05, 4.69) is 0 Å². The van der Waals surface area contributed by atoms with E-state index in [0.717, 1.165) is 31.4 Å². The second-order valence-corrected chi connectivity index (χ2v) is 7.39. The Morgan fingerprint density at radius 3 is 2.62 bits per heavy atom. The van der Waals surface area contributed by atoms with E-state index < -0.39 is 10.2 Å². The van der Waals surface area contributed by atoms with Gasteiger partial charge in [0.05, 0.1) is 25.5 Å². The van der Waals surface area contributed by atoms with Crippen LogP contribution < -0.4 is 0 Å². The highest BCUT2D eigenvalue weighted by molar-refractivity contribution is 7.86. The first-order valence-electron chi connectivity index (χ1n) is 7.57. The SMILES string of the molecule is O=S(=O)(N1CCOCC1)N1CCCCC[C@@H]1c1ccco1. The number of rotatable bonds is 3. The summed E-state index contributed by atoms with van der Waals surface area (Å²) in [6, 6.07) is 3.51. The molecule has 1 aromatic rings. The molecule has 2 aliphatic heterocycles. The zero-order chi connectivity index (χ0) is 14.7. The molecule has 0 N–H and O–H groups in total. The summed E-state index contributed by atoms with van der Waals surface area (Å²) in [5.74, 6) is 0.744. The molecule has 0 saturated carbocycles. The highest BCUT2D eigenvalue weighted by atomic mass is 32.2. The summed E-state index contributed by atoms with van der Waals surface area (Å²) < 4.78 is 39.8. The van der Waals surface area contributed by atoms with Gasteiger partial charge in [0.1, 0.15) is 5.76 Å². The van der Waals surface area contributed by atoms with Crippen molar-refractivity contribution in [3.63, 3.8) is 0 Å². The molecule has 6 nitrogen and oxygen atoms in total. The predicted octanol–water partition coefficient (Wildman–Crippen LogP) is 1.77. The van der Waals surface area contributed by atoms with Crippen LogP contribution in [0.15, 0.2) is 22.8 Å². The third kappa shape index (κ3) is 3.15. The molecule has 0 bridgehead atoms. The zero-order valence-corrected chi connectivity index (χ0v) is 12.9. The monoisotopic (exact) mass is 314 g/mol.